The Labute approximate surface area is 101 Å². The number of hydrogen-bond acceptors (Lipinski definition) is 5. The quantitative estimate of drug-likeness (QED) is 0.840. The molecule has 0 bridgehead atoms. The standard InChI is InChI=1S/C12H17N5/c1-9-10(2)14-15-12(11(9)8-13)16-17-6-4-3-5-7-17/h3-7H2,1-2H3,(H,15,16). The third-order valence-corrected chi connectivity index (χ3v) is 3.19. The molecule has 1 aliphatic heterocycles. The zero-order valence-electron chi connectivity index (χ0n) is 10.3. The number of hydrogen-bond donors (Lipinski definition) is 1. The Morgan fingerprint density at radius 2 is 1.88 bits per heavy atom. The van der Waals surface area contributed by atoms with Crippen molar-refractivity contribution in [3.8, 4) is 6.07 Å². The molecule has 0 unspecified atom stereocenters. The molecule has 0 atom stereocenters. The van der Waals surface area contributed by atoms with Gasteiger partial charge in [-0.25, -0.2) is 5.01 Å². The number of nitriles is 1. The highest BCUT2D eigenvalue weighted by molar-refractivity contribution is 5.55. The number of aromatic nitrogens is 2. The summed E-state index contributed by atoms with van der Waals surface area (Å²) in [4.78, 5) is 0. The molecule has 0 saturated carbocycles. The summed E-state index contributed by atoms with van der Waals surface area (Å²) in [5, 5.41) is 19.4. The zero-order valence-corrected chi connectivity index (χ0v) is 10.3. The molecule has 0 radical (unpaired) electrons. The summed E-state index contributed by atoms with van der Waals surface area (Å²) in [5.74, 6) is 0.581. The molecule has 0 amide bonds. The summed E-state index contributed by atoms with van der Waals surface area (Å²) in [6.07, 6.45) is 3.65. The molecule has 1 aliphatic rings. The van der Waals surface area contributed by atoms with Gasteiger partial charge in [-0.3, -0.25) is 0 Å². The topological polar surface area (TPSA) is 64.8 Å². The first-order valence-electron chi connectivity index (χ1n) is 5.98. The first-order chi connectivity index (χ1) is 8.22. The van der Waals surface area contributed by atoms with Crippen LogP contribution in [0, 0.1) is 25.2 Å². The minimum atomic E-state index is 0.581. The molecule has 17 heavy (non-hydrogen) atoms. The van der Waals surface area contributed by atoms with E-state index in [0.717, 1.165) is 24.3 Å². The van der Waals surface area contributed by atoms with Crippen molar-refractivity contribution in [3.05, 3.63) is 16.8 Å². The van der Waals surface area contributed by atoms with Crippen LogP contribution in [-0.4, -0.2) is 28.3 Å². The average Bonchev–Trinajstić information content (AvgIpc) is 2.36. The summed E-state index contributed by atoms with van der Waals surface area (Å²) >= 11 is 0. The summed E-state index contributed by atoms with van der Waals surface area (Å²) in [5.41, 5.74) is 5.52. The van der Waals surface area contributed by atoms with Crippen LogP contribution in [0.25, 0.3) is 0 Å². The third kappa shape index (κ3) is 2.53. The number of anilines is 1. The van der Waals surface area contributed by atoms with Gasteiger partial charge in [0.2, 0.25) is 0 Å². The molecule has 2 heterocycles. The van der Waals surface area contributed by atoms with Crippen LogP contribution < -0.4 is 5.43 Å². The normalized spacial score (nSPS) is 16.5. The lowest BCUT2D eigenvalue weighted by atomic mass is 10.1. The summed E-state index contributed by atoms with van der Waals surface area (Å²) in [7, 11) is 0. The van der Waals surface area contributed by atoms with Crippen molar-refractivity contribution >= 4 is 5.82 Å². The summed E-state index contributed by atoms with van der Waals surface area (Å²) in [6.45, 7) is 5.77. The van der Waals surface area contributed by atoms with E-state index in [1.165, 1.54) is 19.3 Å². The van der Waals surface area contributed by atoms with Crippen molar-refractivity contribution in [2.24, 2.45) is 0 Å². The van der Waals surface area contributed by atoms with Gasteiger partial charge in [0.1, 0.15) is 11.6 Å². The fraction of sp³-hybridized carbons (Fsp3) is 0.583. The third-order valence-electron chi connectivity index (χ3n) is 3.19. The predicted octanol–water partition coefficient (Wildman–Crippen LogP) is 1.78. The Kier molecular flexibility index (Phi) is 3.55. The van der Waals surface area contributed by atoms with E-state index in [-0.39, 0.29) is 0 Å². The van der Waals surface area contributed by atoms with Gasteiger partial charge in [0.15, 0.2) is 5.82 Å². The minimum absolute atomic E-state index is 0.581. The van der Waals surface area contributed by atoms with Crippen molar-refractivity contribution in [1.29, 1.82) is 5.26 Å². The Hall–Kier alpha value is -1.67. The molecule has 2 rings (SSSR count). The highest BCUT2D eigenvalue weighted by atomic mass is 15.5. The highest BCUT2D eigenvalue weighted by Gasteiger charge is 2.15. The maximum Gasteiger partial charge on any atom is 0.181 e. The number of hydrazine groups is 1. The van der Waals surface area contributed by atoms with Gasteiger partial charge in [-0.1, -0.05) is 6.42 Å². The number of piperidine rings is 1. The SMILES string of the molecule is Cc1nnc(NN2CCCCC2)c(C#N)c1C. The maximum absolute atomic E-state index is 9.18. The molecule has 90 valence electrons. The van der Waals surface area contributed by atoms with Gasteiger partial charge in [-0.15, -0.1) is 5.10 Å². The largest absolute Gasteiger partial charge is 0.300 e. The molecule has 5 heteroatoms. The van der Waals surface area contributed by atoms with Gasteiger partial charge < -0.3 is 5.43 Å². The van der Waals surface area contributed by atoms with Crippen LogP contribution in [0.4, 0.5) is 5.82 Å². The summed E-state index contributed by atoms with van der Waals surface area (Å²) < 4.78 is 0. The van der Waals surface area contributed by atoms with Crippen LogP contribution in [-0.2, 0) is 0 Å². The van der Waals surface area contributed by atoms with Crippen molar-refractivity contribution in [2.45, 2.75) is 33.1 Å². The predicted molar refractivity (Wildman–Crippen MR) is 65.3 cm³/mol. The fourth-order valence-electron chi connectivity index (χ4n) is 1.98. The lowest BCUT2D eigenvalue weighted by molar-refractivity contribution is 0.272. The van der Waals surface area contributed by atoms with E-state index in [9.17, 15) is 5.26 Å². The molecule has 1 fully saturated rings. The second-order valence-electron chi connectivity index (χ2n) is 4.41. The molecule has 1 N–H and O–H groups in total. The van der Waals surface area contributed by atoms with E-state index < -0.39 is 0 Å². The monoisotopic (exact) mass is 231 g/mol. The van der Waals surface area contributed by atoms with E-state index in [2.05, 4.69) is 26.7 Å². The Morgan fingerprint density at radius 3 is 2.53 bits per heavy atom. The smallest absolute Gasteiger partial charge is 0.181 e. The van der Waals surface area contributed by atoms with Gasteiger partial charge in [0.25, 0.3) is 0 Å². The van der Waals surface area contributed by atoms with Gasteiger partial charge in [-0.2, -0.15) is 10.4 Å². The number of aryl methyl sites for hydroxylation is 1. The Morgan fingerprint density at radius 1 is 1.18 bits per heavy atom. The maximum atomic E-state index is 9.18. The molecular formula is C12H17N5. The minimum Gasteiger partial charge on any atom is -0.300 e. The van der Waals surface area contributed by atoms with E-state index in [4.69, 9.17) is 0 Å². The Bertz CT molecular complexity index is 443. The van der Waals surface area contributed by atoms with Crippen LogP contribution in [0.15, 0.2) is 0 Å². The van der Waals surface area contributed by atoms with Crippen molar-refractivity contribution in [2.75, 3.05) is 18.5 Å². The van der Waals surface area contributed by atoms with Gasteiger partial charge in [0, 0.05) is 13.1 Å². The van der Waals surface area contributed by atoms with Crippen LogP contribution >= 0.6 is 0 Å². The molecule has 1 saturated heterocycles. The second-order valence-corrected chi connectivity index (χ2v) is 4.41. The second kappa shape index (κ2) is 5.11. The highest BCUT2D eigenvalue weighted by Crippen LogP contribution is 2.18. The van der Waals surface area contributed by atoms with E-state index in [0.29, 0.717) is 11.4 Å². The van der Waals surface area contributed by atoms with Crippen molar-refractivity contribution < 1.29 is 0 Å². The molecular weight excluding hydrogens is 214 g/mol. The Balaban J connectivity index is 2.20. The van der Waals surface area contributed by atoms with Crippen molar-refractivity contribution in [1.82, 2.24) is 15.2 Å². The number of nitrogens with one attached hydrogen (secondary N) is 1. The van der Waals surface area contributed by atoms with Crippen LogP contribution in [0.1, 0.15) is 36.1 Å². The number of nitrogens with zero attached hydrogens (tertiary/aromatic N) is 4. The van der Waals surface area contributed by atoms with Crippen LogP contribution in [0.2, 0.25) is 0 Å². The first-order valence-corrected chi connectivity index (χ1v) is 5.98. The fourth-order valence-corrected chi connectivity index (χ4v) is 1.98. The van der Waals surface area contributed by atoms with E-state index in [1.807, 2.05) is 13.8 Å². The molecule has 0 aromatic carbocycles. The molecule has 1 aromatic heterocycles. The average molecular weight is 231 g/mol. The molecule has 0 aliphatic carbocycles. The zero-order chi connectivity index (χ0) is 12.3. The van der Waals surface area contributed by atoms with Crippen LogP contribution in [0.5, 0.6) is 0 Å². The van der Waals surface area contributed by atoms with E-state index in [1.54, 1.807) is 0 Å². The summed E-state index contributed by atoms with van der Waals surface area (Å²) in [6, 6.07) is 2.20. The molecule has 5 nitrogen and oxygen atoms in total. The number of rotatable bonds is 2. The van der Waals surface area contributed by atoms with Gasteiger partial charge in [0.05, 0.1) is 5.69 Å². The molecule has 0 spiro atoms. The van der Waals surface area contributed by atoms with Crippen molar-refractivity contribution in [3.63, 3.8) is 0 Å². The first kappa shape index (κ1) is 11.8. The molecule has 1 aromatic rings. The van der Waals surface area contributed by atoms with Gasteiger partial charge >= 0.3 is 0 Å². The van der Waals surface area contributed by atoms with E-state index >= 15 is 0 Å². The van der Waals surface area contributed by atoms with Gasteiger partial charge in [-0.05, 0) is 32.3 Å². The lowest BCUT2D eigenvalue weighted by Crippen LogP contribution is -2.35. The lowest BCUT2D eigenvalue weighted by Gasteiger charge is -2.27. The van der Waals surface area contributed by atoms with Crippen LogP contribution in [0.3, 0.4) is 0 Å².